The van der Waals surface area contributed by atoms with Crippen molar-refractivity contribution >= 4 is 43.1 Å². The van der Waals surface area contributed by atoms with Crippen molar-refractivity contribution in [2.45, 2.75) is 25.7 Å². The maximum atomic E-state index is 11.7. The van der Waals surface area contributed by atoms with Crippen molar-refractivity contribution in [1.29, 1.82) is 0 Å². The Bertz CT molecular complexity index is 1010. The third kappa shape index (κ3) is 2.92. The molecule has 1 aromatic carbocycles. The lowest BCUT2D eigenvalue weighted by molar-refractivity contribution is 0.597. The number of hydrogen-bond acceptors (Lipinski definition) is 6. The number of primary sulfonamides is 1. The second kappa shape index (κ2) is 5.55. The van der Waals surface area contributed by atoms with Crippen LogP contribution < -0.4 is 10.5 Å². The van der Waals surface area contributed by atoms with Gasteiger partial charge in [0, 0.05) is 10.6 Å². The van der Waals surface area contributed by atoms with Gasteiger partial charge in [0.25, 0.3) is 0 Å². The topological polar surface area (TPSA) is 98.0 Å². The number of aryl methyl sites for hydroxylation is 3. The van der Waals surface area contributed by atoms with Crippen LogP contribution in [0.4, 0.5) is 11.5 Å². The third-order valence-electron chi connectivity index (χ3n) is 3.72. The second-order valence-electron chi connectivity index (χ2n) is 5.34. The van der Waals surface area contributed by atoms with E-state index in [2.05, 4.69) is 15.3 Å². The van der Waals surface area contributed by atoms with E-state index in [1.807, 2.05) is 13.8 Å². The molecule has 0 saturated carbocycles. The number of anilines is 2. The van der Waals surface area contributed by atoms with E-state index in [0.717, 1.165) is 15.8 Å². The maximum absolute atomic E-state index is 11.7. The number of nitrogens with two attached hydrogens (primary N) is 1. The van der Waals surface area contributed by atoms with Crippen molar-refractivity contribution < 1.29 is 8.42 Å². The van der Waals surface area contributed by atoms with Gasteiger partial charge in [0.1, 0.15) is 17.0 Å². The van der Waals surface area contributed by atoms with Crippen LogP contribution in [-0.2, 0) is 10.0 Å². The first-order valence-electron chi connectivity index (χ1n) is 6.88. The molecule has 2 aromatic heterocycles. The van der Waals surface area contributed by atoms with Crippen molar-refractivity contribution in [3.8, 4) is 0 Å². The Morgan fingerprint density at radius 3 is 2.61 bits per heavy atom. The van der Waals surface area contributed by atoms with Crippen LogP contribution in [0.15, 0.2) is 29.4 Å². The van der Waals surface area contributed by atoms with Gasteiger partial charge in [0.2, 0.25) is 10.0 Å². The summed E-state index contributed by atoms with van der Waals surface area (Å²) in [6, 6.07) is 5.03. The first-order valence-corrected chi connectivity index (χ1v) is 9.25. The molecule has 23 heavy (non-hydrogen) atoms. The zero-order valence-corrected chi connectivity index (χ0v) is 14.5. The van der Waals surface area contributed by atoms with Gasteiger partial charge in [-0.3, -0.25) is 0 Å². The van der Waals surface area contributed by atoms with Gasteiger partial charge in [-0.25, -0.2) is 23.5 Å². The molecule has 2 heterocycles. The van der Waals surface area contributed by atoms with Crippen LogP contribution in [0.5, 0.6) is 0 Å². The smallest absolute Gasteiger partial charge is 0.238 e. The van der Waals surface area contributed by atoms with E-state index in [-0.39, 0.29) is 4.90 Å². The van der Waals surface area contributed by atoms with Crippen molar-refractivity contribution in [2.24, 2.45) is 5.14 Å². The number of nitrogens with zero attached hydrogens (tertiary/aromatic N) is 2. The quantitative estimate of drug-likeness (QED) is 0.758. The maximum Gasteiger partial charge on any atom is 0.238 e. The second-order valence-corrected chi connectivity index (χ2v) is 8.07. The lowest BCUT2D eigenvalue weighted by Crippen LogP contribution is -2.14. The summed E-state index contributed by atoms with van der Waals surface area (Å²) in [5, 5.41) is 9.39. The molecule has 3 aromatic rings. The number of aromatic nitrogens is 2. The molecule has 0 unspecified atom stereocenters. The van der Waals surface area contributed by atoms with Crippen LogP contribution in [0.25, 0.3) is 10.2 Å². The van der Waals surface area contributed by atoms with Crippen LogP contribution in [0, 0.1) is 20.8 Å². The number of hydrogen-bond donors (Lipinski definition) is 2. The van der Waals surface area contributed by atoms with E-state index in [9.17, 15) is 8.42 Å². The first kappa shape index (κ1) is 15.9. The molecule has 6 nitrogen and oxygen atoms in total. The van der Waals surface area contributed by atoms with Crippen LogP contribution >= 0.6 is 11.3 Å². The number of fused-ring (bicyclic) bond motifs is 1. The molecule has 0 radical (unpaired) electrons. The van der Waals surface area contributed by atoms with Crippen molar-refractivity contribution in [3.05, 3.63) is 40.5 Å². The largest absolute Gasteiger partial charge is 0.340 e. The summed E-state index contributed by atoms with van der Waals surface area (Å²) < 4.78 is 23.3. The summed E-state index contributed by atoms with van der Waals surface area (Å²) in [5.41, 5.74) is 2.34. The molecule has 0 aliphatic rings. The van der Waals surface area contributed by atoms with Gasteiger partial charge in [-0.15, -0.1) is 11.3 Å². The molecule has 0 amide bonds. The van der Waals surface area contributed by atoms with Crippen molar-refractivity contribution in [2.75, 3.05) is 5.32 Å². The Morgan fingerprint density at radius 2 is 1.91 bits per heavy atom. The molecule has 0 fully saturated rings. The van der Waals surface area contributed by atoms with Crippen LogP contribution in [-0.4, -0.2) is 18.4 Å². The van der Waals surface area contributed by atoms with Gasteiger partial charge in [-0.2, -0.15) is 0 Å². The minimum absolute atomic E-state index is 0.103. The molecule has 0 spiro atoms. The van der Waals surface area contributed by atoms with Gasteiger partial charge < -0.3 is 5.32 Å². The summed E-state index contributed by atoms with van der Waals surface area (Å²) in [4.78, 5) is 10.8. The Hall–Kier alpha value is -2.03. The number of rotatable bonds is 3. The zero-order chi connectivity index (χ0) is 16.8. The van der Waals surface area contributed by atoms with Crippen LogP contribution in [0.3, 0.4) is 0 Å². The molecule has 8 heteroatoms. The van der Waals surface area contributed by atoms with E-state index in [4.69, 9.17) is 5.14 Å². The fourth-order valence-electron chi connectivity index (χ4n) is 2.40. The number of nitrogens with one attached hydrogen (secondary N) is 1. The molecule has 0 bridgehead atoms. The van der Waals surface area contributed by atoms with Crippen molar-refractivity contribution in [3.63, 3.8) is 0 Å². The fourth-order valence-corrected chi connectivity index (χ4v) is 4.20. The van der Waals surface area contributed by atoms with Gasteiger partial charge >= 0.3 is 0 Å². The Morgan fingerprint density at radius 1 is 1.17 bits per heavy atom. The standard InChI is InChI=1S/C15H16N4O2S2/c1-8-4-5-11(6-12(8)23(16,20)21)19-14-13-9(2)10(3)22-15(13)18-7-17-14/h4-7H,1-3H3,(H2,16,20,21)(H,17,18,19). The predicted octanol–water partition coefficient (Wildman–Crippen LogP) is 3.01. The molecular weight excluding hydrogens is 332 g/mol. The molecule has 3 rings (SSSR count). The molecule has 0 atom stereocenters. The normalized spacial score (nSPS) is 11.8. The summed E-state index contributed by atoms with van der Waals surface area (Å²) in [7, 11) is -3.77. The molecule has 120 valence electrons. The van der Waals surface area contributed by atoms with Crippen LogP contribution in [0.1, 0.15) is 16.0 Å². The number of thiophene rings is 1. The van der Waals surface area contributed by atoms with Crippen LogP contribution in [0.2, 0.25) is 0 Å². The number of sulfonamides is 1. The summed E-state index contributed by atoms with van der Waals surface area (Å²) in [6.07, 6.45) is 1.49. The minimum atomic E-state index is -3.77. The van der Waals surface area contributed by atoms with Gasteiger partial charge in [0.15, 0.2) is 0 Å². The van der Waals surface area contributed by atoms with E-state index in [1.54, 1.807) is 30.4 Å². The van der Waals surface area contributed by atoms with E-state index in [1.165, 1.54) is 17.3 Å². The molecule has 0 saturated heterocycles. The zero-order valence-electron chi connectivity index (χ0n) is 12.9. The predicted molar refractivity (Wildman–Crippen MR) is 92.7 cm³/mol. The monoisotopic (exact) mass is 348 g/mol. The molecule has 3 N–H and O–H groups in total. The Balaban J connectivity index is 2.10. The lowest BCUT2D eigenvalue weighted by atomic mass is 10.2. The summed E-state index contributed by atoms with van der Waals surface area (Å²) in [6.45, 7) is 5.77. The highest BCUT2D eigenvalue weighted by molar-refractivity contribution is 7.89. The Kier molecular flexibility index (Phi) is 3.83. The average Bonchev–Trinajstić information content (AvgIpc) is 2.76. The Labute approximate surface area is 138 Å². The van der Waals surface area contributed by atoms with E-state index >= 15 is 0 Å². The molecular formula is C15H16N4O2S2. The third-order valence-corrected chi connectivity index (χ3v) is 5.89. The minimum Gasteiger partial charge on any atom is -0.340 e. The van der Waals surface area contributed by atoms with Gasteiger partial charge in [-0.05, 0) is 44.0 Å². The van der Waals surface area contributed by atoms with E-state index in [0.29, 0.717) is 17.1 Å². The fraction of sp³-hybridized carbons (Fsp3) is 0.200. The SMILES string of the molecule is Cc1ccc(Nc2ncnc3sc(C)c(C)c23)cc1S(N)(=O)=O. The molecule has 0 aliphatic heterocycles. The highest BCUT2D eigenvalue weighted by atomic mass is 32.2. The molecule has 0 aliphatic carbocycles. The van der Waals surface area contributed by atoms with Gasteiger partial charge in [-0.1, -0.05) is 6.07 Å². The van der Waals surface area contributed by atoms with E-state index < -0.39 is 10.0 Å². The first-order chi connectivity index (χ1) is 10.8. The lowest BCUT2D eigenvalue weighted by Gasteiger charge is -2.10. The highest BCUT2D eigenvalue weighted by Crippen LogP contribution is 2.34. The van der Waals surface area contributed by atoms with Gasteiger partial charge in [0.05, 0.1) is 10.3 Å². The number of benzene rings is 1. The average molecular weight is 348 g/mol. The highest BCUT2D eigenvalue weighted by Gasteiger charge is 2.15. The summed E-state index contributed by atoms with van der Waals surface area (Å²) in [5.74, 6) is 0.654. The van der Waals surface area contributed by atoms with Crippen molar-refractivity contribution in [1.82, 2.24) is 9.97 Å². The summed E-state index contributed by atoms with van der Waals surface area (Å²) >= 11 is 1.61.